The zero-order valence-corrected chi connectivity index (χ0v) is 11.4. The Balaban J connectivity index is 2.58. The second-order valence-corrected chi connectivity index (χ2v) is 4.62. The molecule has 1 aromatic carbocycles. The van der Waals surface area contributed by atoms with Crippen LogP contribution in [-0.4, -0.2) is 18.3 Å². The molecule has 3 nitrogen and oxygen atoms in total. The molecule has 0 saturated carbocycles. The fraction of sp³-hybridized carbons (Fsp3) is 0.600. The second-order valence-electron chi connectivity index (χ2n) is 4.62. The van der Waals surface area contributed by atoms with E-state index in [1.807, 2.05) is 31.2 Å². The number of aliphatic hydroxyl groups excluding tert-OH is 1. The average molecular weight is 251 g/mol. The highest BCUT2D eigenvalue weighted by Gasteiger charge is 2.17. The third-order valence-electron chi connectivity index (χ3n) is 3.26. The maximum absolute atomic E-state index is 10.2. The lowest BCUT2D eigenvalue weighted by Crippen LogP contribution is -2.21. The summed E-state index contributed by atoms with van der Waals surface area (Å²) in [6.07, 6.45) is 2.59. The van der Waals surface area contributed by atoms with Gasteiger partial charge < -0.3 is 15.6 Å². The minimum atomic E-state index is -0.482. The van der Waals surface area contributed by atoms with Crippen LogP contribution in [0, 0.1) is 5.92 Å². The number of hydrogen-bond acceptors (Lipinski definition) is 3. The monoisotopic (exact) mass is 251 g/mol. The maximum atomic E-state index is 10.2. The lowest BCUT2D eigenvalue weighted by Gasteiger charge is -2.20. The van der Waals surface area contributed by atoms with Crippen molar-refractivity contribution < 1.29 is 9.84 Å². The van der Waals surface area contributed by atoms with Crippen molar-refractivity contribution in [1.82, 2.24) is 0 Å². The van der Waals surface area contributed by atoms with Crippen LogP contribution < -0.4 is 10.5 Å². The first-order valence-corrected chi connectivity index (χ1v) is 6.83. The van der Waals surface area contributed by atoms with Crippen molar-refractivity contribution in [1.29, 1.82) is 0 Å². The lowest BCUT2D eigenvalue weighted by molar-refractivity contribution is 0.110. The molecule has 0 fully saturated rings. The van der Waals surface area contributed by atoms with Gasteiger partial charge in [-0.25, -0.2) is 0 Å². The van der Waals surface area contributed by atoms with E-state index >= 15 is 0 Å². The molecule has 0 saturated heterocycles. The molecule has 0 aromatic heterocycles. The minimum Gasteiger partial charge on any atom is -0.494 e. The zero-order valence-electron chi connectivity index (χ0n) is 11.4. The Hall–Kier alpha value is -1.06. The van der Waals surface area contributed by atoms with Crippen molar-refractivity contribution in [3.05, 3.63) is 29.8 Å². The van der Waals surface area contributed by atoms with Crippen LogP contribution in [0.2, 0.25) is 0 Å². The Morgan fingerprint density at radius 1 is 1.22 bits per heavy atom. The molecule has 0 spiro atoms. The van der Waals surface area contributed by atoms with Crippen molar-refractivity contribution in [2.24, 2.45) is 11.7 Å². The highest BCUT2D eigenvalue weighted by molar-refractivity contribution is 5.28. The lowest BCUT2D eigenvalue weighted by atomic mass is 9.93. The molecule has 0 aliphatic heterocycles. The van der Waals surface area contributed by atoms with Gasteiger partial charge in [0.15, 0.2) is 0 Å². The SMILES string of the molecule is CCCCOc1ccc(C(O)C(CC)CN)cc1. The predicted molar refractivity (Wildman–Crippen MR) is 74.6 cm³/mol. The second kappa shape index (κ2) is 8.11. The number of aliphatic hydroxyl groups is 1. The Labute approximate surface area is 110 Å². The Morgan fingerprint density at radius 2 is 1.89 bits per heavy atom. The summed E-state index contributed by atoms with van der Waals surface area (Å²) >= 11 is 0. The van der Waals surface area contributed by atoms with Crippen molar-refractivity contribution >= 4 is 0 Å². The van der Waals surface area contributed by atoms with Crippen LogP contribution in [0.25, 0.3) is 0 Å². The van der Waals surface area contributed by atoms with Gasteiger partial charge in [-0.1, -0.05) is 32.4 Å². The first kappa shape index (κ1) is 15.0. The summed E-state index contributed by atoms with van der Waals surface area (Å²) in [6.45, 7) is 5.44. The number of nitrogens with two attached hydrogens (primary N) is 1. The van der Waals surface area contributed by atoms with Crippen molar-refractivity contribution in [2.45, 2.75) is 39.2 Å². The van der Waals surface area contributed by atoms with Gasteiger partial charge in [0.05, 0.1) is 12.7 Å². The molecule has 0 aliphatic rings. The van der Waals surface area contributed by atoms with Gasteiger partial charge >= 0.3 is 0 Å². The third kappa shape index (κ3) is 4.31. The first-order chi connectivity index (χ1) is 8.72. The van der Waals surface area contributed by atoms with Gasteiger partial charge in [0, 0.05) is 5.92 Å². The zero-order chi connectivity index (χ0) is 13.4. The topological polar surface area (TPSA) is 55.5 Å². The molecule has 0 heterocycles. The molecule has 3 heteroatoms. The van der Waals surface area contributed by atoms with Gasteiger partial charge in [0.1, 0.15) is 5.75 Å². The van der Waals surface area contributed by atoms with Gasteiger partial charge in [-0.05, 0) is 37.1 Å². The van der Waals surface area contributed by atoms with Gasteiger partial charge in [-0.3, -0.25) is 0 Å². The van der Waals surface area contributed by atoms with E-state index in [-0.39, 0.29) is 5.92 Å². The molecule has 0 amide bonds. The normalized spacial score (nSPS) is 14.2. The summed E-state index contributed by atoms with van der Waals surface area (Å²) < 4.78 is 5.59. The van der Waals surface area contributed by atoms with Crippen molar-refractivity contribution in [2.75, 3.05) is 13.2 Å². The molecule has 0 radical (unpaired) electrons. The van der Waals surface area contributed by atoms with Crippen molar-refractivity contribution in [3.8, 4) is 5.75 Å². The fourth-order valence-electron chi connectivity index (χ4n) is 1.89. The van der Waals surface area contributed by atoms with Gasteiger partial charge in [0.25, 0.3) is 0 Å². The first-order valence-electron chi connectivity index (χ1n) is 6.83. The van der Waals surface area contributed by atoms with E-state index in [0.717, 1.165) is 37.2 Å². The smallest absolute Gasteiger partial charge is 0.119 e. The number of hydrogen-bond donors (Lipinski definition) is 2. The molecule has 2 unspecified atom stereocenters. The Bertz CT molecular complexity index is 320. The molecule has 18 heavy (non-hydrogen) atoms. The summed E-state index contributed by atoms with van der Waals surface area (Å²) in [4.78, 5) is 0. The van der Waals surface area contributed by atoms with E-state index in [2.05, 4.69) is 6.92 Å². The van der Waals surface area contributed by atoms with Crippen LogP contribution in [0.15, 0.2) is 24.3 Å². The molecule has 1 rings (SSSR count). The molecule has 0 aliphatic carbocycles. The molecule has 1 aromatic rings. The summed E-state index contributed by atoms with van der Waals surface area (Å²) in [5.41, 5.74) is 6.56. The fourth-order valence-corrected chi connectivity index (χ4v) is 1.89. The molecular formula is C15H25NO2. The van der Waals surface area contributed by atoms with E-state index in [9.17, 15) is 5.11 Å². The quantitative estimate of drug-likeness (QED) is 0.698. The Kier molecular flexibility index (Phi) is 6.76. The van der Waals surface area contributed by atoms with Gasteiger partial charge in [-0.2, -0.15) is 0 Å². The number of benzene rings is 1. The minimum absolute atomic E-state index is 0.122. The molecule has 0 bridgehead atoms. The van der Waals surface area contributed by atoms with E-state index in [1.165, 1.54) is 0 Å². The largest absolute Gasteiger partial charge is 0.494 e. The van der Waals surface area contributed by atoms with Crippen LogP contribution in [0.3, 0.4) is 0 Å². The van der Waals surface area contributed by atoms with Crippen LogP contribution in [-0.2, 0) is 0 Å². The maximum Gasteiger partial charge on any atom is 0.119 e. The summed E-state index contributed by atoms with van der Waals surface area (Å²) in [5.74, 6) is 0.983. The molecule has 2 atom stereocenters. The highest BCUT2D eigenvalue weighted by atomic mass is 16.5. The van der Waals surface area contributed by atoms with E-state index in [4.69, 9.17) is 10.5 Å². The highest BCUT2D eigenvalue weighted by Crippen LogP contribution is 2.25. The molecule has 3 N–H and O–H groups in total. The average Bonchev–Trinajstić information content (AvgIpc) is 2.41. The van der Waals surface area contributed by atoms with E-state index in [0.29, 0.717) is 6.54 Å². The van der Waals surface area contributed by atoms with E-state index in [1.54, 1.807) is 0 Å². The van der Waals surface area contributed by atoms with Crippen molar-refractivity contribution in [3.63, 3.8) is 0 Å². The number of ether oxygens (including phenoxy) is 1. The molecular weight excluding hydrogens is 226 g/mol. The van der Waals surface area contributed by atoms with Gasteiger partial charge in [-0.15, -0.1) is 0 Å². The third-order valence-corrected chi connectivity index (χ3v) is 3.26. The van der Waals surface area contributed by atoms with Crippen LogP contribution >= 0.6 is 0 Å². The Morgan fingerprint density at radius 3 is 2.39 bits per heavy atom. The van der Waals surface area contributed by atoms with Crippen LogP contribution in [0.5, 0.6) is 5.75 Å². The summed E-state index contributed by atoms with van der Waals surface area (Å²) in [7, 11) is 0. The standard InChI is InChI=1S/C15H25NO2/c1-3-5-10-18-14-8-6-13(7-9-14)15(17)12(4-2)11-16/h6-9,12,15,17H,3-5,10-11,16H2,1-2H3. The van der Waals surface area contributed by atoms with E-state index < -0.39 is 6.10 Å². The van der Waals surface area contributed by atoms with Crippen LogP contribution in [0.4, 0.5) is 0 Å². The summed E-state index contributed by atoms with van der Waals surface area (Å²) in [6, 6.07) is 7.67. The summed E-state index contributed by atoms with van der Waals surface area (Å²) in [5, 5.41) is 10.2. The molecule has 102 valence electrons. The predicted octanol–water partition coefficient (Wildman–Crippen LogP) is 2.88. The van der Waals surface area contributed by atoms with Crippen LogP contribution in [0.1, 0.15) is 44.8 Å². The van der Waals surface area contributed by atoms with Gasteiger partial charge in [0.2, 0.25) is 0 Å². The number of unbranched alkanes of at least 4 members (excludes halogenated alkanes) is 1. The number of rotatable bonds is 8.